The normalized spacial score (nSPS) is 16.8. The molecule has 1 N–H and O–H groups in total. The van der Waals surface area contributed by atoms with Gasteiger partial charge in [0.1, 0.15) is 6.54 Å². The van der Waals surface area contributed by atoms with Crippen LogP contribution in [0.4, 0.5) is 0 Å². The minimum Gasteiger partial charge on any atom is -0.391 e. The minimum atomic E-state index is 0.327. The van der Waals surface area contributed by atoms with Crippen molar-refractivity contribution in [3.8, 4) is 0 Å². The monoisotopic (exact) mass is 264 g/mol. The van der Waals surface area contributed by atoms with E-state index in [1.807, 2.05) is 13.8 Å². The number of hydrogen-bond donors (Lipinski definition) is 1. The molecule has 1 saturated heterocycles. The second kappa shape index (κ2) is 8.34. The molecule has 0 atom stereocenters. The third-order valence-corrected chi connectivity index (χ3v) is 4.08. The SMILES string of the molecule is CC.Cc1ccc(CC[N+]2(CCO)CCCC2)cc1. The Morgan fingerprint density at radius 3 is 2.11 bits per heavy atom. The Morgan fingerprint density at radius 2 is 1.58 bits per heavy atom. The number of benzene rings is 1. The quantitative estimate of drug-likeness (QED) is 0.810. The maximum Gasteiger partial charge on any atom is 0.102 e. The molecule has 1 aromatic rings. The van der Waals surface area contributed by atoms with Crippen LogP contribution in [0.5, 0.6) is 0 Å². The molecule has 1 fully saturated rings. The third-order valence-electron chi connectivity index (χ3n) is 4.08. The van der Waals surface area contributed by atoms with Gasteiger partial charge in [-0.05, 0) is 12.5 Å². The molecule has 1 aliphatic rings. The zero-order valence-electron chi connectivity index (χ0n) is 12.9. The van der Waals surface area contributed by atoms with Gasteiger partial charge in [-0.3, -0.25) is 0 Å². The fourth-order valence-corrected chi connectivity index (χ4v) is 2.90. The van der Waals surface area contributed by atoms with Crippen molar-refractivity contribution in [2.75, 3.05) is 32.8 Å². The first kappa shape index (κ1) is 16.2. The Labute approximate surface area is 118 Å². The second-order valence-electron chi connectivity index (χ2n) is 5.40. The largest absolute Gasteiger partial charge is 0.391 e. The van der Waals surface area contributed by atoms with Crippen molar-refractivity contribution in [2.45, 2.75) is 40.0 Å². The summed E-state index contributed by atoms with van der Waals surface area (Å²) in [6, 6.07) is 8.85. The van der Waals surface area contributed by atoms with Crippen LogP contribution in [-0.2, 0) is 6.42 Å². The summed E-state index contributed by atoms with van der Waals surface area (Å²) in [6.07, 6.45) is 3.79. The highest BCUT2D eigenvalue weighted by Crippen LogP contribution is 2.20. The molecule has 0 aromatic heterocycles. The summed E-state index contributed by atoms with van der Waals surface area (Å²) < 4.78 is 1.13. The number of aliphatic hydroxyl groups excluding tert-OH is 1. The fraction of sp³-hybridized carbons (Fsp3) is 0.647. The lowest BCUT2D eigenvalue weighted by atomic mass is 10.1. The van der Waals surface area contributed by atoms with E-state index in [0.717, 1.165) is 17.4 Å². The highest BCUT2D eigenvalue weighted by Gasteiger charge is 2.30. The molecule has 2 rings (SSSR count). The van der Waals surface area contributed by atoms with E-state index in [0.29, 0.717) is 6.61 Å². The summed E-state index contributed by atoms with van der Waals surface area (Å²) in [5.74, 6) is 0. The van der Waals surface area contributed by atoms with E-state index in [-0.39, 0.29) is 0 Å². The molecule has 0 radical (unpaired) electrons. The van der Waals surface area contributed by atoms with Crippen LogP contribution >= 0.6 is 0 Å². The van der Waals surface area contributed by atoms with Gasteiger partial charge in [-0.2, -0.15) is 0 Å². The molecule has 1 heterocycles. The molecule has 108 valence electrons. The molecule has 1 aliphatic heterocycles. The molecule has 1 aromatic carbocycles. The number of rotatable bonds is 5. The van der Waals surface area contributed by atoms with Crippen LogP contribution < -0.4 is 0 Å². The molecular weight excluding hydrogens is 234 g/mol. The van der Waals surface area contributed by atoms with Gasteiger partial charge in [0.25, 0.3) is 0 Å². The van der Waals surface area contributed by atoms with E-state index in [4.69, 9.17) is 0 Å². The second-order valence-corrected chi connectivity index (χ2v) is 5.40. The molecule has 0 bridgehead atoms. The lowest BCUT2D eigenvalue weighted by Crippen LogP contribution is -2.48. The van der Waals surface area contributed by atoms with Crippen LogP contribution in [-0.4, -0.2) is 42.4 Å². The predicted molar refractivity (Wildman–Crippen MR) is 82.3 cm³/mol. The summed E-state index contributed by atoms with van der Waals surface area (Å²) in [4.78, 5) is 0. The number of aryl methyl sites for hydroxylation is 1. The maximum atomic E-state index is 9.21. The highest BCUT2D eigenvalue weighted by molar-refractivity contribution is 5.21. The van der Waals surface area contributed by atoms with E-state index in [2.05, 4.69) is 31.2 Å². The van der Waals surface area contributed by atoms with Crippen molar-refractivity contribution in [2.24, 2.45) is 0 Å². The molecule has 19 heavy (non-hydrogen) atoms. The summed E-state index contributed by atoms with van der Waals surface area (Å²) in [7, 11) is 0. The van der Waals surface area contributed by atoms with Crippen LogP contribution in [0.15, 0.2) is 24.3 Å². The summed E-state index contributed by atoms with van der Waals surface area (Å²) in [5, 5.41) is 9.21. The maximum absolute atomic E-state index is 9.21. The molecule has 0 saturated carbocycles. The first-order chi connectivity index (χ1) is 9.24. The van der Waals surface area contributed by atoms with Gasteiger partial charge in [0.05, 0.1) is 26.2 Å². The topological polar surface area (TPSA) is 20.2 Å². The average molecular weight is 264 g/mol. The van der Waals surface area contributed by atoms with Gasteiger partial charge < -0.3 is 9.59 Å². The van der Waals surface area contributed by atoms with Crippen molar-refractivity contribution in [1.82, 2.24) is 0 Å². The van der Waals surface area contributed by atoms with Gasteiger partial charge in [-0.25, -0.2) is 0 Å². The van der Waals surface area contributed by atoms with E-state index < -0.39 is 0 Å². The molecule has 0 unspecified atom stereocenters. The molecule has 0 aliphatic carbocycles. The summed E-state index contributed by atoms with van der Waals surface area (Å²) in [5.41, 5.74) is 2.76. The molecule has 2 nitrogen and oxygen atoms in total. The van der Waals surface area contributed by atoms with Crippen LogP contribution in [0.1, 0.15) is 37.8 Å². The molecule has 0 amide bonds. The van der Waals surface area contributed by atoms with Gasteiger partial charge in [0, 0.05) is 19.3 Å². The Bertz CT molecular complexity index is 339. The van der Waals surface area contributed by atoms with Crippen LogP contribution in [0.25, 0.3) is 0 Å². The van der Waals surface area contributed by atoms with E-state index in [1.165, 1.54) is 43.6 Å². The molecule has 0 spiro atoms. The van der Waals surface area contributed by atoms with Crippen LogP contribution in [0.3, 0.4) is 0 Å². The van der Waals surface area contributed by atoms with Crippen LogP contribution in [0.2, 0.25) is 0 Å². The third kappa shape index (κ3) is 4.96. The lowest BCUT2D eigenvalue weighted by Gasteiger charge is -2.33. The van der Waals surface area contributed by atoms with Crippen molar-refractivity contribution >= 4 is 0 Å². The van der Waals surface area contributed by atoms with Crippen molar-refractivity contribution in [3.63, 3.8) is 0 Å². The van der Waals surface area contributed by atoms with E-state index >= 15 is 0 Å². The van der Waals surface area contributed by atoms with E-state index in [1.54, 1.807) is 0 Å². The first-order valence-electron chi connectivity index (χ1n) is 7.76. The minimum absolute atomic E-state index is 0.327. The van der Waals surface area contributed by atoms with Gasteiger partial charge in [0.15, 0.2) is 0 Å². The van der Waals surface area contributed by atoms with Crippen molar-refractivity contribution < 1.29 is 9.59 Å². The van der Waals surface area contributed by atoms with Crippen molar-refractivity contribution in [1.29, 1.82) is 0 Å². The first-order valence-corrected chi connectivity index (χ1v) is 7.76. The number of nitrogens with zero attached hydrogens (tertiary/aromatic N) is 1. The number of quaternary nitrogens is 1. The Kier molecular flexibility index (Phi) is 7.11. The van der Waals surface area contributed by atoms with Gasteiger partial charge in [0.2, 0.25) is 0 Å². The molecule has 2 heteroatoms. The van der Waals surface area contributed by atoms with Gasteiger partial charge in [-0.15, -0.1) is 0 Å². The van der Waals surface area contributed by atoms with E-state index in [9.17, 15) is 5.11 Å². The average Bonchev–Trinajstić information content (AvgIpc) is 2.90. The van der Waals surface area contributed by atoms with Crippen molar-refractivity contribution in [3.05, 3.63) is 35.4 Å². The smallest absolute Gasteiger partial charge is 0.102 e. The Morgan fingerprint density at radius 1 is 1.00 bits per heavy atom. The zero-order valence-corrected chi connectivity index (χ0v) is 12.9. The zero-order chi connectivity index (χ0) is 14.1. The number of likely N-dealkylation sites (tertiary alicyclic amines) is 1. The summed E-state index contributed by atoms with van der Waals surface area (Å²) in [6.45, 7) is 11.1. The Hall–Kier alpha value is -0.860. The molecular formula is C17H30NO+. The Balaban J connectivity index is 0.000000861. The standard InChI is InChI=1S/C15H24NO.C2H6/c1-14-4-6-15(7-5-14)8-11-16(12-13-17)9-2-3-10-16;1-2/h4-7,17H,2-3,8-13H2,1H3;1-2H3/q+1;. The fourth-order valence-electron chi connectivity index (χ4n) is 2.90. The van der Waals surface area contributed by atoms with Gasteiger partial charge in [-0.1, -0.05) is 43.7 Å². The highest BCUT2D eigenvalue weighted by atomic mass is 16.3. The number of aliphatic hydroxyl groups is 1. The summed E-state index contributed by atoms with van der Waals surface area (Å²) >= 11 is 0. The number of hydrogen-bond acceptors (Lipinski definition) is 1. The predicted octanol–water partition coefficient (Wildman–Crippen LogP) is 3.17. The van der Waals surface area contributed by atoms with Gasteiger partial charge >= 0.3 is 0 Å². The lowest BCUT2D eigenvalue weighted by molar-refractivity contribution is -0.916. The van der Waals surface area contributed by atoms with Crippen LogP contribution in [0, 0.1) is 6.92 Å².